The molecule has 4 heteroatoms. The Labute approximate surface area is 144 Å². The molecule has 8 atom stereocenters. The maximum atomic E-state index is 12.1. The van der Waals surface area contributed by atoms with Crippen LogP contribution in [0.15, 0.2) is 0 Å². The van der Waals surface area contributed by atoms with Gasteiger partial charge in [0.2, 0.25) is 0 Å². The molecule has 0 radical (unpaired) electrons. The molecule has 136 valence electrons. The fraction of sp³-hybridized carbons (Fsp3) is 0.950. The van der Waals surface area contributed by atoms with Crippen LogP contribution in [0.3, 0.4) is 0 Å². The van der Waals surface area contributed by atoms with Crippen molar-refractivity contribution in [2.45, 2.75) is 84.3 Å². The van der Waals surface area contributed by atoms with Gasteiger partial charge in [-0.05, 0) is 74.5 Å². The summed E-state index contributed by atoms with van der Waals surface area (Å²) in [7, 11) is 0. The number of fused-ring (bicyclic) bond motifs is 3. The number of aliphatic hydroxyl groups is 2. The van der Waals surface area contributed by atoms with Gasteiger partial charge in [0.1, 0.15) is 0 Å². The van der Waals surface area contributed by atoms with Crippen LogP contribution in [0.4, 0.5) is 0 Å². The van der Waals surface area contributed by atoms with Gasteiger partial charge in [-0.15, -0.1) is 0 Å². The molecule has 0 aliphatic heterocycles. The van der Waals surface area contributed by atoms with E-state index in [1.165, 1.54) is 0 Å². The summed E-state index contributed by atoms with van der Waals surface area (Å²) in [5.74, 6) is -0.752. The van der Waals surface area contributed by atoms with Crippen LogP contribution in [0.5, 0.6) is 0 Å². The molecule has 4 saturated carbocycles. The molecule has 4 aliphatic rings. The highest BCUT2D eigenvalue weighted by Crippen LogP contribution is 2.73. The number of carbonyl (C=O) groups is 1. The maximum absolute atomic E-state index is 12.1. The number of carboxylic acid groups (broad SMARTS) is 1. The first-order valence-electron chi connectivity index (χ1n) is 9.67. The van der Waals surface area contributed by atoms with Crippen LogP contribution in [-0.4, -0.2) is 33.5 Å². The van der Waals surface area contributed by atoms with Gasteiger partial charge in [-0.25, -0.2) is 0 Å². The minimum absolute atomic E-state index is 0.0355. The number of hydrogen-bond donors (Lipinski definition) is 3. The summed E-state index contributed by atoms with van der Waals surface area (Å²) in [5, 5.41) is 32.2. The smallest absolute Gasteiger partial charge is 0.309 e. The van der Waals surface area contributed by atoms with Gasteiger partial charge in [-0.3, -0.25) is 4.79 Å². The highest BCUT2D eigenvalue weighted by Gasteiger charge is 2.71. The zero-order valence-corrected chi connectivity index (χ0v) is 15.2. The van der Waals surface area contributed by atoms with Gasteiger partial charge in [0.15, 0.2) is 0 Å². The average molecular weight is 336 g/mol. The van der Waals surface area contributed by atoms with E-state index in [-0.39, 0.29) is 28.1 Å². The van der Waals surface area contributed by atoms with Gasteiger partial charge >= 0.3 is 5.97 Å². The van der Waals surface area contributed by atoms with E-state index in [9.17, 15) is 20.1 Å². The molecule has 4 fully saturated rings. The molecule has 0 amide bonds. The number of aliphatic hydroxyl groups excluding tert-OH is 2. The van der Waals surface area contributed by atoms with Gasteiger partial charge < -0.3 is 15.3 Å². The molecule has 4 aliphatic carbocycles. The van der Waals surface area contributed by atoms with Crippen molar-refractivity contribution >= 4 is 5.97 Å². The second kappa shape index (κ2) is 4.76. The monoisotopic (exact) mass is 336 g/mol. The summed E-state index contributed by atoms with van der Waals surface area (Å²) in [4.78, 5) is 12.1. The number of carboxylic acids is 1. The normalized spacial score (nSPS) is 59.5. The molecule has 4 rings (SSSR count). The number of hydrogen-bond acceptors (Lipinski definition) is 3. The standard InChI is InChI=1S/C20H32O4/c1-17-7-8-20(11-17)14(22)9-13-18(2,15(20)12(21)10-17)5-4-6-19(13,3)16(23)24/h12-15,21-22H,4-11H2,1-3H3,(H,23,24)/t12-,13-,14-,15-,17-,18+,19+,20-/m0/s1. The Morgan fingerprint density at radius 2 is 1.75 bits per heavy atom. The first kappa shape index (κ1) is 16.8. The lowest BCUT2D eigenvalue weighted by Gasteiger charge is -2.66. The summed E-state index contributed by atoms with van der Waals surface area (Å²) >= 11 is 0. The van der Waals surface area contributed by atoms with E-state index in [1.54, 1.807) is 0 Å². The van der Waals surface area contributed by atoms with Gasteiger partial charge in [0.25, 0.3) is 0 Å². The van der Waals surface area contributed by atoms with Crippen LogP contribution in [0.1, 0.15) is 72.1 Å². The lowest BCUT2D eigenvalue weighted by Crippen LogP contribution is -2.66. The van der Waals surface area contributed by atoms with Crippen LogP contribution in [-0.2, 0) is 4.79 Å². The van der Waals surface area contributed by atoms with E-state index < -0.39 is 23.6 Å². The lowest BCUT2D eigenvalue weighted by atomic mass is 9.39. The van der Waals surface area contributed by atoms with E-state index in [1.807, 2.05) is 6.92 Å². The quantitative estimate of drug-likeness (QED) is 0.687. The summed E-state index contributed by atoms with van der Waals surface area (Å²) in [6, 6.07) is 0. The van der Waals surface area contributed by atoms with Crippen molar-refractivity contribution in [3.63, 3.8) is 0 Å². The summed E-state index contributed by atoms with van der Waals surface area (Å²) in [5.41, 5.74) is -1.02. The van der Waals surface area contributed by atoms with Crippen molar-refractivity contribution in [1.82, 2.24) is 0 Å². The molecule has 4 nitrogen and oxygen atoms in total. The van der Waals surface area contributed by atoms with Crippen LogP contribution in [0.25, 0.3) is 0 Å². The Kier molecular flexibility index (Phi) is 3.34. The molecule has 0 heterocycles. The zero-order valence-electron chi connectivity index (χ0n) is 15.2. The molecule has 0 aromatic heterocycles. The third-order valence-electron chi connectivity index (χ3n) is 8.95. The molecule has 1 spiro atoms. The minimum atomic E-state index is -0.783. The van der Waals surface area contributed by atoms with E-state index in [0.29, 0.717) is 12.8 Å². The van der Waals surface area contributed by atoms with Crippen LogP contribution >= 0.6 is 0 Å². The van der Waals surface area contributed by atoms with Crippen LogP contribution in [0.2, 0.25) is 0 Å². The van der Waals surface area contributed by atoms with E-state index >= 15 is 0 Å². The SMILES string of the molecule is C[C@@]12CC[C@]3(C1)[C@@H](O)C[C@H]1[C@@](C)(CCC[C@@]1(C)C(=O)O)[C@@H]3[C@@H](O)C2. The summed E-state index contributed by atoms with van der Waals surface area (Å²) < 4.78 is 0. The third kappa shape index (κ3) is 1.85. The topological polar surface area (TPSA) is 77.8 Å². The Morgan fingerprint density at radius 3 is 2.42 bits per heavy atom. The highest BCUT2D eigenvalue weighted by molar-refractivity contribution is 5.75. The summed E-state index contributed by atoms with van der Waals surface area (Å²) in [6.45, 7) is 6.35. The van der Waals surface area contributed by atoms with E-state index in [4.69, 9.17) is 0 Å². The van der Waals surface area contributed by atoms with Crippen molar-refractivity contribution in [3.05, 3.63) is 0 Å². The molecule has 0 saturated heterocycles. The molecule has 0 aromatic rings. The zero-order chi connectivity index (χ0) is 17.5. The molecular formula is C20H32O4. The fourth-order valence-electron chi connectivity index (χ4n) is 8.07. The summed E-state index contributed by atoms with van der Waals surface area (Å²) in [6.07, 6.45) is 6.12. The molecular weight excluding hydrogens is 304 g/mol. The number of aliphatic carboxylic acids is 1. The van der Waals surface area contributed by atoms with Crippen molar-refractivity contribution in [1.29, 1.82) is 0 Å². The molecule has 24 heavy (non-hydrogen) atoms. The largest absolute Gasteiger partial charge is 0.481 e. The van der Waals surface area contributed by atoms with Crippen molar-refractivity contribution in [3.8, 4) is 0 Å². The van der Waals surface area contributed by atoms with Crippen LogP contribution < -0.4 is 0 Å². The highest BCUT2D eigenvalue weighted by atomic mass is 16.4. The van der Waals surface area contributed by atoms with Crippen molar-refractivity contribution in [2.75, 3.05) is 0 Å². The Bertz CT molecular complexity index is 576. The van der Waals surface area contributed by atoms with Crippen molar-refractivity contribution in [2.24, 2.45) is 33.5 Å². The van der Waals surface area contributed by atoms with Gasteiger partial charge in [0.05, 0.1) is 17.6 Å². The predicted octanol–water partition coefficient (Wildman–Crippen LogP) is 3.21. The van der Waals surface area contributed by atoms with Gasteiger partial charge in [0, 0.05) is 5.41 Å². The predicted molar refractivity (Wildman–Crippen MR) is 90.3 cm³/mol. The van der Waals surface area contributed by atoms with Gasteiger partial charge in [-0.2, -0.15) is 0 Å². The Hall–Kier alpha value is -0.610. The fourth-order valence-corrected chi connectivity index (χ4v) is 8.07. The second-order valence-corrected chi connectivity index (χ2v) is 10.4. The van der Waals surface area contributed by atoms with Crippen LogP contribution in [0, 0.1) is 33.5 Å². The second-order valence-electron chi connectivity index (χ2n) is 10.4. The maximum Gasteiger partial charge on any atom is 0.309 e. The van der Waals surface area contributed by atoms with Gasteiger partial charge in [-0.1, -0.05) is 20.3 Å². The minimum Gasteiger partial charge on any atom is -0.481 e. The number of rotatable bonds is 1. The molecule has 2 bridgehead atoms. The first-order chi connectivity index (χ1) is 11.1. The van der Waals surface area contributed by atoms with E-state index in [2.05, 4.69) is 13.8 Å². The van der Waals surface area contributed by atoms with E-state index in [0.717, 1.165) is 38.5 Å². The average Bonchev–Trinajstić information content (AvgIpc) is 2.74. The molecule has 3 N–H and O–H groups in total. The Morgan fingerprint density at radius 1 is 1.04 bits per heavy atom. The first-order valence-corrected chi connectivity index (χ1v) is 9.67. The third-order valence-corrected chi connectivity index (χ3v) is 8.95. The van der Waals surface area contributed by atoms with Crippen molar-refractivity contribution < 1.29 is 20.1 Å². The molecule has 0 unspecified atom stereocenters. The molecule has 0 aromatic carbocycles. The Balaban J connectivity index is 1.83. The lowest BCUT2D eigenvalue weighted by molar-refractivity contribution is -0.237.